The van der Waals surface area contributed by atoms with Crippen LogP contribution in [0.25, 0.3) is 22.3 Å². The number of piperidine rings is 1. The number of aromatic hydroxyl groups is 3. The van der Waals surface area contributed by atoms with E-state index in [1.807, 2.05) is 12.1 Å². The molecule has 1 aliphatic rings. The first-order chi connectivity index (χ1) is 16.9. The molecule has 0 bridgehead atoms. The number of H-pyrrole nitrogens is 1. The number of likely N-dealkylation sites (tertiary alicyclic amines) is 1. The van der Waals surface area contributed by atoms with Crippen molar-refractivity contribution in [2.24, 2.45) is 0 Å². The third kappa shape index (κ3) is 6.08. The fourth-order valence-electron chi connectivity index (χ4n) is 4.52. The van der Waals surface area contributed by atoms with Gasteiger partial charge in [-0.1, -0.05) is 30.7 Å². The van der Waals surface area contributed by atoms with Crippen LogP contribution in [0.5, 0.6) is 17.2 Å². The molecular formula is C27H30Br2N4O4. The third-order valence-corrected chi connectivity index (χ3v) is 6.56. The summed E-state index contributed by atoms with van der Waals surface area (Å²) in [7, 11) is 1.52. The molecule has 2 aromatic carbocycles. The van der Waals surface area contributed by atoms with E-state index in [0.717, 1.165) is 23.3 Å². The molecule has 1 saturated heterocycles. The number of fused-ring (bicyclic) bond motifs is 1. The molecule has 8 nitrogen and oxygen atoms in total. The molecule has 0 unspecified atom stereocenters. The van der Waals surface area contributed by atoms with E-state index in [0.29, 0.717) is 11.2 Å². The lowest BCUT2D eigenvalue weighted by atomic mass is 10.1. The highest BCUT2D eigenvalue weighted by atomic mass is 79.9. The van der Waals surface area contributed by atoms with Crippen molar-refractivity contribution in [2.45, 2.75) is 25.8 Å². The molecule has 1 fully saturated rings. The second-order valence-electron chi connectivity index (χ2n) is 9.04. The van der Waals surface area contributed by atoms with Gasteiger partial charge in [-0.15, -0.1) is 34.0 Å². The van der Waals surface area contributed by atoms with Gasteiger partial charge in [0.1, 0.15) is 5.69 Å². The highest BCUT2D eigenvalue weighted by molar-refractivity contribution is 8.93. The van der Waals surface area contributed by atoms with Crippen molar-refractivity contribution in [2.75, 3.05) is 25.0 Å². The quantitative estimate of drug-likeness (QED) is 0.208. The van der Waals surface area contributed by atoms with Crippen molar-refractivity contribution >= 4 is 56.6 Å². The number of hydrogen-bond acceptors (Lipinski definition) is 6. The molecule has 1 aliphatic heterocycles. The molecule has 0 saturated carbocycles. The van der Waals surface area contributed by atoms with Crippen molar-refractivity contribution in [3.8, 4) is 28.5 Å². The van der Waals surface area contributed by atoms with Crippen LogP contribution in [-0.4, -0.2) is 56.2 Å². The lowest BCUT2D eigenvalue weighted by Gasteiger charge is -2.26. The number of nitrogens with zero attached hydrogens (tertiary/aromatic N) is 3. The van der Waals surface area contributed by atoms with Gasteiger partial charge in [0.05, 0.1) is 22.4 Å². The molecule has 0 atom stereocenters. The zero-order chi connectivity index (χ0) is 24.5. The first-order valence-electron chi connectivity index (χ1n) is 11.7. The predicted octanol–water partition coefficient (Wildman–Crippen LogP) is 5.77. The molecule has 0 aliphatic carbocycles. The number of carbonyl (C=O) groups is 1. The molecule has 0 spiro atoms. The Kier molecular flexibility index (Phi) is 9.22. The average Bonchev–Trinajstić information content (AvgIpc) is 3.30. The van der Waals surface area contributed by atoms with Crippen LogP contribution in [0.15, 0.2) is 54.6 Å². The van der Waals surface area contributed by atoms with Crippen molar-refractivity contribution in [3.63, 3.8) is 0 Å². The summed E-state index contributed by atoms with van der Waals surface area (Å²) in [6.07, 6.45) is 3.88. The van der Waals surface area contributed by atoms with Gasteiger partial charge < -0.3 is 25.2 Å². The number of hydrogen-bond donors (Lipinski definition) is 4. The first kappa shape index (κ1) is 28.5. The monoisotopic (exact) mass is 632 g/mol. The molecule has 0 radical (unpaired) electrons. The predicted molar refractivity (Wildman–Crippen MR) is 155 cm³/mol. The Morgan fingerprint density at radius 3 is 2.24 bits per heavy atom. The Morgan fingerprint density at radius 1 is 0.946 bits per heavy atom. The van der Waals surface area contributed by atoms with E-state index < -0.39 is 17.2 Å². The second kappa shape index (κ2) is 12.0. The Balaban J connectivity index is 0.00000190. The zero-order valence-corrected chi connectivity index (χ0v) is 23.8. The number of rotatable bonds is 5. The summed E-state index contributed by atoms with van der Waals surface area (Å²) in [4.78, 5) is 24.6. The summed E-state index contributed by atoms with van der Waals surface area (Å²) in [5.41, 5.74) is 5.06. The molecule has 1 amide bonds. The molecule has 5 rings (SSSR count). The van der Waals surface area contributed by atoms with E-state index in [1.165, 1.54) is 62.0 Å². The number of anilines is 1. The number of phenols is 3. The van der Waals surface area contributed by atoms with Crippen molar-refractivity contribution in [3.05, 3.63) is 65.9 Å². The average molecular weight is 634 g/mol. The number of carbonyl (C=O) groups excluding carboxylic acids is 1. The van der Waals surface area contributed by atoms with E-state index in [9.17, 15) is 20.1 Å². The maximum absolute atomic E-state index is 13.0. The molecule has 37 heavy (non-hydrogen) atoms. The minimum absolute atomic E-state index is 0. The minimum atomic E-state index is -0.628. The van der Waals surface area contributed by atoms with Gasteiger partial charge in [0.25, 0.3) is 5.91 Å². The summed E-state index contributed by atoms with van der Waals surface area (Å²) in [6, 6.07) is 16.4. The summed E-state index contributed by atoms with van der Waals surface area (Å²) >= 11 is 0. The maximum Gasteiger partial charge on any atom is 0.274 e. The van der Waals surface area contributed by atoms with Gasteiger partial charge in [0, 0.05) is 31.3 Å². The van der Waals surface area contributed by atoms with E-state index >= 15 is 0 Å². The summed E-state index contributed by atoms with van der Waals surface area (Å²) in [6.45, 7) is 3.30. The molecule has 4 N–H and O–H groups in total. The molecule has 4 aromatic rings. The molecule has 2 aromatic heterocycles. The van der Waals surface area contributed by atoms with Gasteiger partial charge in [-0.3, -0.25) is 9.69 Å². The Hall–Kier alpha value is -3.08. The number of phenolic OH excluding ortho intramolecular Hbond substituents is 3. The second-order valence-corrected chi connectivity index (χ2v) is 9.04. The number of aromatic nitrogens is 2. The number of halogens is 2. The van der Waals surface area contributed by atoms with Crippen LogP contribution in [0, 0.1) is 0 Å². The SMILES string of the molecule is Br.Br.CN(C(=O)c1cc2nc(-c3ccc(CN4CCCCC4)cc3)ccc2[nH]1)c1cc(O)c(O)c(O)c1. The topological polar surface area (TPSA) is 113 Å². The van der Waals surface area contributed by atoms with Crippen molar-refractivity contribution < 1.29 is 20.1 Å². The number of nitrogens with one attached hydrogen (secondary N) is 1. The van der Waals surface area contributed by atoms with Crippen LogP contribution in [-0.2, 0) is 6.54 Å². The fourth-order valence-corrected chi connectivity index (χ4v) is 4.52. The first-order valence-corrected chi connectivity index (χ1v) is 11.7. The highest BCUT2D eigenvalue weighted by Gasteiger charge is 2.19. The summed E-state index contributed by atoms with van der Waals surface area (Å²) in [5, 5.41) is 29.1. The van der Waals surface area contributed by atoms with Gasteiger partial charge in [-0.2, -0.15) is 0 Å². The zero-order valence-electron chi connectivity index (χ0n) is 20.3. The van der Waals surface area contributed by atoms with E-state index in [2.05, 4.69) is 34.1 Å². The molecule has 196 valence electrons. The number of pyridine rings is 1. The standard InChI is InChI=1S/C27H28N4O4.2BrH/c1-30(19-13-24(32)26(34)25(33)14-19)27(35)23-15-22-21(29-23)10-9-20(28-22)18-7-5-17(6-8-18)16-31-11-3-2-4-12-31;;/h5-10,13-15,29,32-34H,2-4,11-12,16H2,1H3;2*1H. The van der Waals surface area contributed by atoms with Gasteiger partial charge in [-0.05, 0) is 49.7 Å². The van der Waals surface area contributed by atoms with Crippen LogP contribution >= 0.6 is 34.0 Å². The lowest BCUT2D eigenvalue weighted by Crippen LogP contribution is -2.28. The normalized spacial score (nSPS) is 13.5. The summed E-state index contributed by atoms with van der Waals surface area (Å²) in [5.74, 6) is -2.03. The highest BCUT2D eigenvalue weighted by Crippen LogP contribution is 2.38. The van der Waals surface area contributed by atoms with Crippen molar-refractivity contribution in [1.82, 2.24) is 14.9 Å². The fraction of sp³-hybridized carbons (Fsp3) is 0.259. The van der Waals surface area contributed by atoms with Gasteiger partial charge >= 0.3 is 0 Å². The smallest absolute Gasteiger partial charge is 0.274 e. The van der Waals surface area contributed by atoms with Crippen LogP contribution in [0.2, 0.25) is 0 Å². The maximum atomic E-state index is 13.0. The molecule has 10 heteroatoms. The lowest BCUT2D eigenvalue weighted by molar-refractivity contribution is 0.0989. The van der Waals surface area contributed by atoms with Crippen LogP contribution in [0.3, 0.4) is 0 Å². The van der Waals surface area contributed by atoms with Crippen LogP contribution < -0.4 is 4.90 Å². The Bertz CT molecular complexity index is 1360. The molecule has 3 heterocycles. The van der Waals surface area contributed by atoms with Crippen molar-refractivity contribution in [1.29, 1.82) is 0 Å². The summed E-state index contributed by atoms with van der Waals surface area (Å²) < 4.78 is 0. The Labute approximate surface area is 236 Å². The number of aromatic amines is 1. The van der Waals surface area contributed by atoms with Gasteiger partial charge in [0.15, 0.2) is 17.2 Å². The van der Waals surface area contributed by atoms with Crippen LogP contribution in [0.4, 0.5) is 5.69 Å². The molecular weight excluding hydrogens is 604 g/mol. The number of benzene rings is 2. The number of amides is 1. The minimum Gasteiger partial charge on any atom is -0.504 e. The van der Waals surface area contributed by atoms with E-state index in [1.54, 1.807) is 6.07 Å². The largest absolute Gasteiger partial charge is 0.504 e. The van der Waals surface area contributed by atoms with E-state index in [-0.39, 0.29) is 45.6 Å². The third-order valence-electron chi connectivity index (χ3n) is 6.56. The van der Waals surface area contributed by atoms with Gasteiger partial charge in [-0.25, -0.2) is 4.98 Å². The van der Waals surface area contributed by atoms with Gasteiger partial charge in [0.2, 0.25) is 0 Å². The Morgan fingerprint density at radius 2 is 1.59 bits per heavy atom. The van der Waals surface area contributed by atoms with Crippen LogP contribution in [0.1, 0.15) is 35.3 Å². The van der Waals surface area contributed by atoms with E-state index in [4.69, 9.17) is 4.98 Å².